The molecule has 1 saturated heterocycles. The summed E-state index contributed by atoms with van der Waals surface area (Å²) in [6, 6.07) is 0. The minimum absolute atomic E-state index is 0.0723. The zero-order valence-corrected chi connectivity index (χ0v) is 15.6. The van der Waals surface area contributed by atoms with Crippen molar-refractivity contribution in [2.75, 3.05) is 39.4 Å². The molecule has 150 valence electrons. The smallest absolute Gasteiger partial charge is 0.339 e. The number of piperazine rings is 1. The number of carbonyl (C=O) groups is 3. The van der Waals surface area contributed by atoms with Gasteiger partial charge in [-0.2, -0.15) is 0 Å². The second kappa shape index (κ2) is 11.1. The van der Waals surface area contributed by atoms with E-state index in [-0.39, 0.29) is 13.2 Å². The van der Waals surface area contributed by atoms with E-state index in [1.165, 1.54) is 12.0 Å². The lowest BCUT2D eigenvalue weighted by Crippen LogP contribution is -2.49. The standard InChI is InChI=1S/C16H29N3O7/c1-4-23-15(22)16(24-5-2,10-13(20)25-12(3)17)11-14(21)26-19-8-6-18-7-9-19/h12,18H,4-11,17H2,1-3H3. The maximum atomic E-state index is 12.5. The van der Waals surface area contributed by atoms with Crippen LogP contribution in [0.3, 0.4) is 0 Å². The van der Waals surface area contributed by atoms with Crippen molar-refractivity contribution in [3.8, 4) is 0 Å². The third-order valence-corrected chi connectivity index (χ3v) is 3.55. The third-order valence-electron chi connectivity index (χ3n) is 3.55. The van der Waals surface area contributed by atoms with Crippen LogP contribution in [0.1, 0.15) is 33.6 Å². The summed E-state index contributed by atoms with van der Waals surface area (Å²) in [5, 5.41) is 4.63. The van der Waals surface area contributed by atoms with E-state index in [0.29, 0.717) is 26.2 Å². The van der Waals surface area contributed by atoms with Crippen molar-refractivity contribution in [3.05, 3.63) is 0 Å². The Morgan fingerprint density at radius 1 is 1.12 bits per heavy atom. The lowest BCUT2D eigenvalue weighted by Gasteiger charge is -2.31. The molecule has 3 N–H and O–H groups in total. The summed E-state index contributed by atoms with van der Waals surface area (Å²) < 4.78 is 15.4. The van der Waals surface area contributed by atoms with Gasteiger partial charge in [0, 0.05) is 32.8 Å². The van der Waals surface area contributed by atoms with Crippen LogP contribution in [0.2, 0.25) is 0 Å². The van der Waals surface area contributed by atoms with Crippen LogP contribution in [0.4, 0.5) is 0 Å². The fraction of sp³-hybridized carbons (Fsp3) is 0.812. The van der Waals surface area contributed by atoms with Gasteiger partial charge in [0.05, 0.1) is 19.4 Å². The van der Waals surface area contributed by atoms with Gasteiger partial charge in [-0.05, 0) is 20.8 Å². The topological polar surface area (TPSA) is 129 Å². The quantitative estimate of drug-likeness (QED) is 0.374. The Balaban J connectivity index is 2.89. The second-order valence-electron chi connectivity index (χ2n) is 5.84. The van der Waals surface area contributed by atoms with Gasteiger partial charge in [0.15, 0.2) is 5.60 Å². The van der Waals surface area contributed by atoms with E-state index >= 15 is 0 Å². The van der Waals surface area contributed by atoms with Crippen molar-refractivity contribution in [1.29, 1.82) is 0 Å². The minimum Gasteiger partial charge on any atom is -0.464 e. The van der Waals surface area contributed by atoms with Gasteiger partial charge in [0.25, 0.3) is 0 Å². The number of esters is 2. The van der Waals surface area contributed by atoms with E-state index in [4.69, 9.17) is 24.8 Å². The molecule has 0 aromatic heterocycles. The Morgan fingerprint density at radius 2 is 1.73 bits per heavy atom. The zero-order chi connectivity index (χ0) is 19.6. The molecule has 0 bridgehead atoms. The molecular formula is C16H29N3O7. The van der Waals surface area contributed by atoms with Gasteiger partial charge in [-0.3, -0.25) is 15.3 Å². The molecule has 1 heterocycles. The number of hydrogen-bond donors (Lipinski definition) is 2. The molecule has 1 rings (SSSR count). The van der Waals surface area contributed by atoms with E-state index in [1.54, 1.807) is 13.8 Å². The molecule has 2 unspecified atom stereocenters. The first-order valence-corrected chi connectivity index (χ1v) is 8.75. The van der Waals surface area contributed by atoms with Gasteiger partial charge in [0.2, 0.25) is 0 Å². The molecule has 10 nitrogen and oxygen atoms in total. The van der Waals surface area contributed by atoms with Crippen LogP contribution in [0.15, 0.2) is 0 Å². The summed E-state index contributed by atoms with van der Waals surface area (Å²) >= 11 is 0. The summed E-state index contributed by atoms with van der Waals surface area (Å²) in [5.74, 6) is -2.28. The fourth-order valence-electron chi connectivity index (χ4n) is 2.53. The molecule has 0 aromatic carbocycles. The van der Waals surface area contributed by atoms with E-state index in [0.717, 1.165) is 0 Å². The molecule has 1 aliphatic heterocycles. The molecule has 0 spiro atoms. The number of nitrogens with one attached hydrogen (secondary N) is 1. The molecule has 0 radical (unpaired) electrons. The van der Waals surface area contributed by atoms with Crippen molar-refractivity contribution >= 4 is 17.9 Å². The minimum atomic E-state index is -1.82. The number of carbonyl (C=O) groups excluding carboxylic acids is 3. The molecule has 0 saturated carbocycles. The first kappa shape index (κ1) is 22.3. The third kappa shape index (κ3) is 7.24. The molecule has 0 amide bonds. The van der Waals surface area contributed by atoms with E-state index in [9.17, 15) is 14.4 Å². The molecule has 1 aliphatic rings. The number of hydrogen-bond acceptors (Lipinski definition) is 10. The maximum Gasteiger partial charge on any atom is 0.339 e. The molecule has 2 atom stereocenters. The van der Waals surface area contributed by atoms with Gasteiger partial charge in [-0.25, -0.2) is 4.79 Å². The van der Waals surface area contributed by atoms with Crippen molar-refractivity contribution < 1.29 is 33.4 Å². The number of nitrogens with two attached hydrogens (primary N) is 1. The van der Waals surface area contributed by atoms with Crippen molar-refractivity contribution in [2.24, 2.45) is 5.73 Å². The average Bonchev–Trinajstić information content (AvgIpc) is 2.55. The Kier molecular flexibility index (Phi) is 9.49. The molecule has 0 aliphatic carbocycles. The first-order valence-electron chi connectivity index (χ1n) is 8.75. The molecule has 10 heteroatoms. The molecular weight excluding hydrogens is 346 g/mol. The predicted octanol–water partition coefficient (Wildman–Crippen LogP) is -0.684. The molecule has 26 heavy (non-hydrogen) atoms. The summed E-state index contributed by atoms with van der Waals surface area (Å²) in [7, 11) is 0. The predicted molar refractivity (Wildman–Crippen MR) is 90.5 cm³/mol. The highest BCUT2D eigenvalue weighted by Gasteiger charge is 2.46. The number of hydroxylamine groups is 2. The van der Waals surface area contributed by atoms with Crippen molar-refractivity contribution in [2.45, 2.75) is 45.4 Å². The van der Waals surface area contributed by atoms with Crippen LogP contribution >= 0.6 is 0 Å². The first-order chi connectivity index (χ1) is 12.3. The number of nitrogens with zero attached hydrogens (tertiary/aromatic N) is 1. The lowest BCUT2D eigenvalue weighted by molar-refractivity contribution is -0.205. The summed E-state index contributed by atoms with van der Waals surface area (Å²) in [6.07, 6.45) is -1.83. The summed E-state index contributed by atoms with van der Waals surface area (Å²) in [4.78, 5) is 42.2. The highest BCUT2D eigenvalue weighted by Crippen LogP contribution is 2.25. The molecule has 1 fully saturated rings. The monoisotopic (exact) mass is 375 g/mol. The van der Waals surface area contributed by atoms with Crippen molar-refractivity contribution in [3.63, 3.8) is 0 Å². The maximum absolute atomic E-state index is 12.5. The SMILES string of the molecule is CCOC(=O)C(CC(=O)OC(C)N)(CC(=O)ON1CCNCC1)OCC. The van der Waals surface area contributed by atoms with Crippen LogP contribution in [-0.4, -0.2) is 74.2 Å². The van der Waals surface area contributed by atoms with Gasteiger partial charge in [-0.15, -0.1) is 5.06 Å². The van der Waals surface area contributed by atoms with E-state index < -0.39 is 42.6 Å². The van der Waals surface area contributed by atoms with E-state index in [2.05, 4.69) is 5.32 Å². The average molecular weight is 375 g/mol. The normalized spacial score (nSPS) is 18.5. The Hall–Kier alpha value is -1.75. The highest BCUT2D eigenvalue weighted by molar-refractivity contribution is 5.90. The van der Waals surface area contributed by atoms with E-state index in [1.807, 2.05) is 0 Å². The Morgan fingerprint density at radius 3 is 2.27 bits per heavy atom. The Bertz CT molecular complexity index is 480. The van der Waals surface area contributed by atoms with Gasteiger partial charge in [0.1, 0.15) is 6.23 Å². The number of rotatable bonds is 10. The largest absolute Gasteiger partial charge is 0.464 e. The van der Waals surface area contributed by atoms with Crippen LogP contribution < -0.4 is 11.1 Å². The van der Waals surface area contributed by atoms with Gasteiger partial charge in [-0.1, -0.05) is 0 Å². The summed E-state index contributed by atoms with van der Waals surface area (Å²) in [5.41, 5.74) is 3.62. The van der Waals surface area contributed by atoms with Crippen LogP contribution in [0, 0.1) is 0 Å². The fourth-order valence-corrected chi connectivity index (χ4v) is 2.53. The van der Waals surface area contributed by atoms with Crippen LogP contribution in [-0.2, 0) is 33.4 Å². The van der Waals surface area contributed by atoms with Gasteiger partial charge < -0.3 is 24.4 Å². The molecule has 0 aromatic rings. The van der Waals surface area contributed by atoms with Crippen LogP contribution in [0.25, 0.3) is 0 Å². The Labute approximate surface area is 153 Å². The lowest BCUT2D eigenvalue weighted by atomic mass is 9.95. The second-order valence-corrected chi connectivity index (χ2v) is 5.84. The van der Waals surface area contributed by atoms with Crippen LogP contribution in [0.5, 0.6) is 0 Å². The number of ether oxygens (including phenoxy) is 3. The van der Waals surface area contributed by atoms with Gasteiger partial charge >= 0.3 is 17.9 Å². The van der Waals surface area contributed by atoms with Crippen molar-refractivity contribution in [1.82, 2.24) is 10.4 Å². The summed E-state index contributed by atoms with van der Waals surface area (Å²) in [6.45, 7) is 7.32. The highest BCUT2D eigenvalue weighted by atomic mass is 16.7. The zero-order valence-electron chi connectivity index (χ0n) is 15.6.